The van der Waals surface area contributed by atoms with Crippen molar-refractivity contribution in [1.82, 2.24) is 14.5 Å². The Bertz CT molecular complexity index is 453. The second kappa shape index (κ2) is 4.76. The Hall–Kier alpha value is -1.20. The molecule has 0 aliphatic carbocycles. The van der Waals surface area contributed by atoms with Crippen LogP contribution < -0.4 is 5.73 Å². The molecule has 0 bridgehead atoms. The molecule has 2 heterocycles. The number of hydrogen-bond donors (Lipinski definition) is 1. The van der Waals surface area contributed by atoms with E-state index in [0.717, 1.165) is 29.5 Å². The van der Waals surface area contributed by atoms with Gasteiger partial charge in [0.15, 0.2) is 0 Å². The van der Waals surface area contributed by atoms with Crippen molar-refractivity contribution in [1.29, 1.82) is 0 Å². The zero-order chi connectivity index (χ0) is 11.5. The number of hydrogen-bond acceptors (Lipinski definition) is 4. The van der Waals surface area contributed by atoms with Crippen molar-refractivity contribution in [3.63, 3.8) is 0 Å². The van der Waals surface area contributed by atoms with E-state index in [9.17, 15) is 0 Å². The SMILES string of the molecule is Cc1nc(Cn2ccnc2CCN)sc1C. The van der Waals surface area contributed by atoms with Gasteiger partial charge in [-0.2, -0.15) is 0 Å². The van der Waals surface area contributed by atoms with Crippen LogP contribution in [-0.2, 0) is 13.0 Å². The number of nitrogens with two attached hydrogens (primary N) is 1. The van der Waals surface area contributed by atoms with E-state index in [1.807, 2.05) is 19.3 Å². The van der Waals surface area contributed by atoms with Gasteiger partial charge in [-0.15, -0.1) is 11.3 Å². The first-order valence-corrected chi connectivity index (χ1v) is 6.15. The molecule has 0 fully saturated rings. The summed E-state index contributed by atoms with van der Waals surface area (Å²) in [4.78, 5) is 10.1. The second-order valence-electron chi connectivity index (χ2n) is 3.76. The molecule has 0 aromatic carbocycles. The van der Waals surface area contributed by atoms with Gasteiger partial charge >= 0.3 is 0 Å². The molecule has 0 radical (unpaired) electrons. The largest absolute Gasteiger partial charge is 0.330 e. The van der Waals surface area contributed by atoms with Crippen LogP contribution in [0.25, 0.3) is 0 Å². The molecular weight excluding hydrogens is 220 g/mol. The summed E-state index contributed by atoms with van der Waals surface area (Å²) in [5.41, 5.74) is 6.67. The van der Waals surface area contributed by atoms with Crippen molar-refractivity contribution < 1.29 is 0 Å². The van der Waals surface area contributed by atoms with E-state index in [1.54, 1.807) is 11.3 Å². The third-order valence-electron chi connectivity index (χ3n) is 2.55. The predicted molar refractivity (Wildman–Crippen MR) is 65.7 cm³/mol. The molecule has 0 amide bonds. The first-order chi connectivity index (χ1) is 7.70. The maximum atomic E-state index is 5.54. The second-order valence-corrected chi connectivity index (χ2v) is 5.05. The molecule has 2 N–H and O–H groups in total. The van der Waals surface area contributed by atoms with Crippen molar-refractivity contribution >= 4 is 11.3 Å². The molecular formula is C11H16N4S. The molecule has 0 atom stereocenters. The van der Waals surface area contributed by atoms with Crippen LogP contribution in [0.1, 0.15) is 21.4 Å². The highest BCUT2D eigenvalue weighted by Gasteiger charge is 2.07. The summed E-state index contributed by atoms with van der Waals surface area (Å²) in [5.74, 6) is 1.04. The molecule has 16 heavy (non-hydrogen) atoms. The molecule has 0 saturated heterocycles. The van der Waals surface area contributed by atoms with Crippen molar-refractivity contribution in [2.75, 3.05) is 6.54 Å². The monoisotopic (exact) mass is 236 g/mol. The van der Waals surface area contributed by atoms with Gasteiger partial charge in [-0.05, 0) is 20.4 Å². The lowest BCUT2D eigenvalue weighted by atomic mass is 10.4. The Labute approximate surface area is 99.2 Å². The number of imidazole rings is 1. The summed E-state index contributed by atoms with van der Waals surface area (Å²) >= 11 is 1.75. The first-order valence-electron chi connectivity index (χ1n) is 5.33. The highest BCUT2D eigenvalue weighted by atomic mass is 32.1. The fourth-order valence-electron chi connectivity index (χ4n) is 1.59. The summed E-state index contributed by atoms with van der Waals surface area (Å²) in [6, 6.07) is 0. The van der Waals surface area contributed by atoms with E-state index in [0.29, 0.717) is 6.54 Å². The van der Waals surface area contributed by atoms with Crippen molar-refractivity contribution in [3.05, 3.63) is 33.8 Å². The van der Waals surface area contributed by atoms with Gasteiger partial charge in [0.25, 0.3) is 0 Å². The fraction of sp³-hybridized carbons (Fsp3) is 0.455. The molecule has 86 valence electrons. The highest BCUT2D eigenvalue weighted by molar-refractivity contribution is 7.11. The molecule has 0 spiro atoms. The zero-order valence-electron chi connectivity index (χ0n) is 9.60. The van der Waals surface area contributed by atoms with Gasteiger partial charge in [-0.25, -0.2) is 9.97 Å². The number of rotatable bonds is 4. The summed E-state index contributed by atoms with van der Waals surface area (Å²) in [7, 11) is 0. The van der Waals surface area contributed by atoms with Gasteiger partial charge < -0.3 is 10.3 Å². The average molecular weight is 236 g/mol. The Morgan fingerprint density at radius 3 is 2.88 bits per heavy atom. The number of aryl methyl sites for hydroxylation is 2. The standard InChI is InChI=1S/C11H16N4S/c1-8-9(2)16-11(14-8)7-15-6-5-13-10(15)3-4-12/h5-6H,3-4,7,12H2,1-2H3. The Balaban J connectivity index is 2.16. The predicted octanol–water partition coefficient (Wildman–Crippen LogP) is 1.51. The smallest absolute Gasteiger partial charge is 0.113 e. The van der Waals surface area contributed by atoms with Crippen LogP contribution in [-0.4, -0.2) is 21.1 Å². The topological polar surface area (TPSA) is 56.7 Å². The van der Waals surface area contributed by atoms with E-state index in [4.69, 9.17) is 5.73 Å². The van der Waals surface area contributed by atoms with Gasteiger partial charge in [0.1, 0.15) is 10.8 Å². The molecule has 0 aliphatic rings. The van der Waals surface area contributed by atoms with Crippen molar-refractivity contribution in [2.45, 2.75) is 26.8 Å². The van der Waals surface area contributed by atoms with E-state index in [-0.39, 0.29) is 0 Å². The van der Waals surface area contributed by atoms with Crippen LogP contribution in [0.15, 0.2) is 12.4 Å². The molecule has 0 aliphatic heterocycles. The number of aromatic nitrogens is 3. The van der Waals surface area contributed by atoms with E-state index < -0.39 is 0 Å². The lowest BCUT2D eigenvalue weighted by molar-refractivity contribution is 0.712. The molecule has 0 saturated carbocycles. The molecule has 0 unspecified atom stereocenters. The minimum absolute atomic E-state index is 0.632. The van der Waals surface area contributed by atoms with E-state index >= 15 is 0 Å². The summed E-state index contributed by atoms with van der Waals surface area (Å²) in [5, 5.41) is 1.13. The maximum absolute atomic E-state index is 5.54. The highest BCUT2D eigenvalue weighted by Crippen LogP contribution is 2.17. The molecule has 2 aromatic rings. The van der Waals surface area contributed by atoms with Crippen LogP contribution in [0.3, 0.4) is 0 Å². The molecule has 4 nitrogen and oxygen atoms in total. The lowest BCUT2D eigenvalue weighted by Crippen LogP contribution is -2.10. The van der Waals surface area contributed by atoms with Crippen LogP contribution in [0.5, 0.6) is 0 Å². The summed E-state index contributed by atoms with van der Waals surface area (Å²) in [6.45, 7) is 5.58. The van der Waals surface area contributed by atoms with E-state index in [2.05, 4.69) is 21.5 Å². The maximum Gasteiger partial charge on any atom is 0.113 e. The van der Waals surface area contributed by atoms with Crippen LogP contribution in [0.2, 0.25) is 0 Å². The van der Waals surface area contributed by atoms with Gasteiger partial charge in [0.2, 0.25) is 0 Å². The Morgan fingerprint density at radius 2 is 2.25 bits per heavy atom. The van der Waals surface area contributed by atoms with Crippen LogP contribution >= 0.6 is 11.3 Å². The number of thiazole rings is 1. The van der Waals surface area contributed by atoms with Crippen LogP contribution in [0, 0.1) is 13.8 Å². The minimum atomic E-state index is 0.632. The fourth-order valence-corrected chi connectivity index (χ4v) is 2.53. The molecule has 2 rings (SSSR count). The normalized spacial score (nSPS) is 10.9. The van der Waals surface area contributed by atoms with Crippen molar-refractivity contribution in [2.24, 2.45) is 5.73 Å². The lowest BCUT2D eigenvalue weighted by Gasteiger charge is -2.04. The summed E-state index contributed by atoms with van der Waals surface area (Å²) < 4.78 is 2.12. The first kappa shape index (κ1) is 11.3. The molecule has 2 aromatic heterocycles. The molecule has 5 heteroatoms. The quantitative estimate of drug-likeness (QED) is 0.875. The van der Waals surface area contributed by atoms with Gasteiger partial charge in [0.05, 0.1) is 12.2 Å². The minimum Gasteiger partial charge on any atom is -0.330 e. The van der Waals surface area contributed by atoms with Gasteiger partial charge in [-0.1, -0.05) is 0 Å². The Morgan fingerprint density at radius 1 is 1.44 bits per heavy atom. The van der Waals surface area contributed by atoms with E-state index in [1.165, 1.54) is 4.88 Å². The summed E-state index contributed by atoms with van der Waals surface area (Å²) in [6.07, 6.45) is 4.62. The van der Waals surface area contributed by atoms with Crippen LogP contribution in [0.4, 0.5) is 0 Å². The Kier molecular flexibility index (Phi) is 3.36. The zero-order valence-corrected chi connectivity index (χ0v) is 10.4. The van der Waals surface area contributed by atoms with Gasteiger partial charge in [-0.3, -0.25) is 0 Å². The third kappa shape index (κ3) is 2.31. The third-order valence-corrected chi connectivity index (χ3v) is 3.61. The number of nitrogens with zero attached hydrogens (tertiary/aromatic N) is 3. The van der Waals surface area contributed by atoms with Gasteiger partial charge in [0, 0.05) is 23.7 Å². The van der Waals surface area contributed by atoms with Crippen molar-refractivity contribution in [3.8, 4) is 0 Å². The average Bonchev–Trinajstić information content (AvgIpc) is 2.77.